The Balaban J connectivity index is 3.45. The molecule has 0 aliphatic heterocycles. The van der Waals surface area contributed by atoms with Gasteiger partial charge in [-0.1, -0.05) is 13.8 Å². The van der Waals surface area contributed by atoms with E-state index in [1.807, 2.05) is 13.8 Å². The summed E-state index contributed by atoms with van der Waals surface area (Å²) in [6.45, 7) is 5.40. The van der Waals surface area contributed by atoms with Crippen LogP contribution < -0.4 is 0 Å². The molecule has 0 aliphatic carbocycles. The van der Waals surface area contributed by atoms with Gasteiger partial charge in [-0.2, -0.15) is 4.31 Å². The molecular weight excluding hydrogens is 317 g/mol. The molecular formula is C13H20FNO4S2. The molecule has 0 N–H and O–H groups in total. The average Bonchev–Trinajstić information content (AvgIpc) is 2.35. The highest BCUT2D eigenvalue weighted by Gasteiger charge is 2.30. The fourth-order valence-corrected chi connectivity index (χ4v) is 4.01. The van der Waals surface area contributed by atoms with E-state index < -0.39 is 30.6 Å². The van der Waals surface area contributed by atoms with Crippen LogP contribution in [0, 0.1) is 11.7 Å². The number of hydrogen-bond acceptors (Lipinski definition) is 4. The fraction of sp³-hybridized carbons (Fsp3) is 0.538. The number of halogens is 1. The van der Waals surface area contributed by atoms with Crippen LogP contribution in [0.1, 0.15) is 20.8 Å². The van der Waals surface area contributed by atoms with E-state index in [0.29, 0.717) is 0 Å². The zero-order chi connectivity index (χ0) is 16.6. The molecule has 0 aromatic heterocycles. The van der Waals surface area contributed by atoms with E-state index in [9.17, 15) is 21.2 Å². The van der Waals surface area contributed by atoms with Crippen molar-refractivity contribution >= 4 is 19.9 Å². The molecule has 0 spiro atoms. The molecule has 8 heteroatoms. The fourth-order valence-electron chi connectivity index (χ4n) is 1.71. The molecule has 0 aliphatic rings. The predicted molar refractivity (Wildman–Crippen MR) is 78.8 cm³/mol. The molecule has 1 aromatic rings. The van der Waals surface area contributed by atoms with Crippen LogP contribution in [0.2, 0.25) is 0 Å². The quantitative estimate of drug-likeness (QED) is 0.769. The molecule has 1 aromatic carbocycles. The van der Waals surface area contributed by atoms with E-state index in [0.717, 1.165) is 28.8 Å². The number of sulfone groups is 1. The van der Waals surface area contributed by atoms with Crippen LogP contribution in [0.4, 0.5) is 4.39 Å². The van der Waals surface area contributed by atoms with Crippen molar-refractivity contribution in [3.05, 3.63) is 24.0 Å². The summed E-state index contributed by atoms with van der Waals surface area (Å²) in [5, 5.41) is 0. The van der Waals surface area contributed by atoms with Crippen molar-refractivity contribution in [2.45, 2.75) is 36.6 Å². The molecule has 0 radical (unpaired) electrons. The molecule has 1 unspecified atom stereocenters. The van der Waals surface area contributed by atoms with Crippen LogP contribution in [0.25, 0.3) is 0 Å². The molecule has 120 valence electrons. The SMILES string of the molecule is CC(C)C(C)N(C)S(=O)(=O)c1cc(S(C)(=O)=O)ccc1F. The lowest BCUT2D eigenvalue weighted by atomic mass is 10.1. The van der Waals surface area contributed by atoms with E-state index in [-0.39, 0.29) is 16.9 Å². The number of nitrogens with zero attached hydrogens (tertiary/aromatic N) is 1. The first kappa shape index (κ1) is 18.1. The lowest BCUT2D eigenvalue weighted by Crippen LogP contribution is -2.38. The molecule has 0 heterocycles. The monoisotopic (exact) mass is 337 g/mol. The van der Waals surface area contributed by atoms with Crippen molar-refractivity contribution in [1.29, 1.82) is 0 Å². The van der Waals surface area contributed by atoms with Crippen molar-refractivity contribution < 1.29 is 21.2 Å². The van der Waals surface area contributed by atoms with Gasteiger partial charge >= 0.3 is 0 Å². The van der Waals surface area contributed by atoms with Gasteiger partial charge in [0.25, 0.3) is 0 Å². The summed E-state index contributed by atoms with van der Waals surface area (Å²) < 4.78 is 62.9. The highest BCUT2D eigenvalue weighted by Crippen LogP contribution is 2.25. The van der Waals surface area contributed by atoms with Gasteiger partial charge in [-0.15, -0.1) is 0 Å². The minimum atomic E-state index is -4.10. The van der Waals surface area contributed by atoms with Crippen LogP contribution in [0.5, 0.6) is 0 Å². The first-order valence-electron chi connectivity index (χ1n) is 6.36. The van der Waals surface area contributed by atoms with Crippen molar-refractivity contribution in [3.8, 4) is 0 Å². The Kier molecular flexibility index (Phi) is 5.18. The van der Waals surface area contributed by atoms with Crippen molar-refractivity contribution in [3.63, 3.8) is 0 Å². The zero-order valence-electron chi connectivity index (χ0n) is 12.7. The highest BCUT2D eigenvalue weighted by atomic mass is 32.2. The third kappa shape index (κ3) is 3.81. The van der Waals surface area contributed by atoms with Crippen LogP contribution in [0.15, 0.2) is 28.0 Å². The van der Waals surface area contributed by atoms with Gasteiger partial charge in [0, 0.05) is 19.3 Å². The minimum Gasteiger partial charge on any atom is -0.224 e. The summed E-state index contributed by atoms with van der Waals surface area (Å²) >= 11 is 0. The second kappa shape index (κ2) is 6.02. The maximum atomic E-state index is 13.9. The van der Waals surface area contributed by atoms with Gasteiger partial charge in [-0.3, -0.25) is 0 Å². The number of rotatable bonds is 5. The summed E-state index contributed by atoms with van der Waals surface area (Å²) in [6.07, 6.45) is 0.942. The maximum Gasteiger partial charge on any atom is 0.246 e. The summed E-state index contributed by atoms with van der Waals surface area (Å²) in [4.78, 5) is -0.853. The Morgan fingerprint density at radius 1 is 1.10 bits per heavy atom. The van der Waals surface area contributed by atoms with Gasteiger partial charge in [0.1, 0.15) is 10.7 Å². The normalized spacial score (nSPS) is 14.7. The van der Waals surface area contributed by atoms with Crippen LogP contribution in [-0.4, -0.2) is 40.5 Å². The first-order valence-corrected chi connectivity index (χ1v) is 9.70. The van der Waals surface area contributed by atoms with Crippen molar-refractivity contribution in [2.75, 3.05) is 13.3 Å². The van der Waals surface area contributed by atoms with Gasteiger partial charge < -0.3 is 0 Å². The number of benzene rings is 1. The van der Waals surface area contributed by atoms with E-state index in [1.165, 1.54) is 7.05 Å². The van der Waals surface area contributed by atoms with Gasteiger partial charge in [-0.25, -0.2) is 21.2 Å². The molecule has 5 nitrogen and oxygen atoms in total. The largest absolute Gasteiger partial charge is 0.246 e. The Labute approximate surface area is 125 Å². The van der Waals surface area contributed by atoms with E-state index in [1.54, 1.807) is 6.92 Å². The lowest BCUT2D eigenvalue weighted by molar-refractivity contribution is 0.314. The Hall–Kier alpha value is -0.990. The zero-order valence-corrected chi connectivity index (χ0v) is 14.3. The second-order valence-electron chi connectivity index (χ2n) is 5.37. The van der Waals surface area contributed by atoms with Gasteiger partial charge in [0.2, 0.25) is 10.0 Å². The molecule has 21 heavy (non-hydrogen) atoms. The van der Waals surface area contributed by atoms with E-state index in [2.05, 4.69) is 0 Å². The summed E-state index contributed by atoms with van der Waals surface area (Å²) in [5.74, 6) is -0.934. The molecule has 1 atom stereocenters. The predicted octanol–water partition coefficient (Wildman–Crippen LogP) is 1.89. The summed E-state index contributed by atoms with van der Waals surface area (Å²) in [5.41, 5.74) is 0. The number of sulfonamides is 1. The summed E-state index contributed by atoms with van der Waals surface area (Å²) in [6, 6.07) is 2.42. The van der Waals surface area contributed by atoms with Crippen LogP contribution in [0.3, 0.4) is 0 Å². The molecule has 0 saturated heterocycles. The molecule has 0 fully saturated rings. The average molecular weight is 337 g/mol. The maximum absolute atomic E-state index is 13.9. The molecule has 1 rings (SSSR count). The third-order valence-corrected chi connectivity index (χ3v) is 6.60. The Morgan fingerprint density at radius 3 is 2.05 bits per heavy atom. The molecule has 0 amide bonds. The summed E-state index contributed by atoms with van der Waals surface area (Å²) in [7, 11) is -6.36. The topological polar surface area (TPSA) is 71.5 Å². The molecule has 0 saturated carbocycles. The number of hydrogen-bond donors (Lipinski definition) is 0. The minimum absolute atomic E-state index is 0.0333. The third-order valence-electron chi connectivity index (χ3n) is 3.53. The van der Waals surface area contributed by atoms with Crippen LogP contribution >= 0.6 is 0 Å². The van der Waals surface area contributed by atoms with Gasteiger partial charge in [0.15, 0.2) is 9.84 Å². The smallest absolute Gasteiger partial charge is 0.224 e. The standard InChI is InChI=1S/C13H20FNO4S2/c1-9(2)10(3)15(4)21(18,19)13-8-11(20(5,16)17)6-7-12(13)14/h6-10H,1-5H3. The van der Waals surface area contributed by atoms with E-state index in [4.69, 9.17) is 0 Å². The van der Waals surface area contributed by atoms with Crippen LogP contribution in [-0.2, 0) is 19.9 Å². The van der Waals surface area contributed by atoms with Gasteiger partial charge in [-0.05, 0) is 31.0 Å². The van der Waals surface area contributed by atoms with Gasteiger partial charge in [0.05, 0.1) is 4.90 Å². The first-order chi connectivity index (χ1) is 9.39. The van der Waals surface area contributed by atoms with E-state index >= 15 is 0 Å². The molecule has 0 bridgehead atoms. The second-order valence-corrected chi connectivity index (χ2v) is 9.35. The Morgan fingerprint density at radius 2 is 1.62 bits per heavy atom. The highest BCUT2D eigenvalue weighted by molar-refractivity contribution is 7.91. The van der Waals surface area contributed by atoms with Crippen molar-refractivity contribution in [1.82, 2.24) is 4.31 Å². The van der Waals surface area contributed by atoms with Crippen molar-refractivity contribution in [2.24, 2.45) is 5.92 Å². The Bertz CT molecular complexity index is 727. The lowest BCUT2D eigenvalue weighted by Gasteiger charge is -2.27.